The van der Waals surface area contributed by atoms with Crippen molar-refractivity contribution in [3.05, 3.63) is 29.8 Å². The van der Waals surface area contributed by atoms with Crippen LogP contribution in [0.3, 0.4) is 0 Å². The standard InChI is InChI=1S/C16H19NO4/c1-16(2,3)21-15(19)17-8-10-20-14-11-12(5-4-9-18)6-7-13(14)17/h4-7,9,11H,8,10H2,1-3H3/b5-4+. The van der Waals surface area contributed by atoms with E-state index in [-0.39, 0.29) is 6.09 Å². The Morgan fingerprint density at radius 3 is 2.81 bits per heavy atom. The monoisotopic (exact) mass is 289 g/mol. The molecule has 0 N–H and O–H groups in total. The van der Waals surface area contributed by atoms with E-state index in [0.717, 1.165) is 5.56 Å². The number of carbonyl (C=O) groups excluding carboxylic acids is 2. The summed E-state index contributed by atoms with van der Waals surface area (Å²) < 4.78 is 11.0. The minimum atomic E-state index is -0.539. The van der Waals surface area contributed by atoms with E-state index in [1.807, 2.05) is 26.8 Å². The van der Waals surface area contributed by atoms with E-state index in [1.54, 1.807) is 23.1 Å². The molecule has 1 aliphatic heterocycles. The molecule has 1 aromatic rings. The number of carbonyl (C=O) groups is 2. The number of ether oxygens (including phenoxy) is 2. The van der Waals surface area contributed by atoms with Crippen LogP contribution < -0.4 is 9.64 Å². The van der Waals surface area contributed by atoms with Crippen molar-refractivity contribution < 1.29 is 19.1 Å². The number of hydrogen-bond acceptors (Lipinski definition) is 4. The van der Waals surface area contributed by atoms with Crippen LogP contribution in [0.4, 0.5) is 10.5 Å². The molecule has 0 saturated heterocycles. The first-order chi connectivity index (χ1) is 9.90. The molecule has 0 fully saturated rings. The molecule has 5 heteroatoms. The van der Waals surface area contributed by atoms with E-state index in [4.69, 9.17) is 9.47 Å². The predicted octanol–water partition coefficient (Wildman–Crippen LogP) is 3.03. The lowest BCUT2D eigenvalue weighted by molar-refractivity contribution is -0.104. The summed E-state index contributed by atoms with van der Waals surface area (Å²) in [7, 11) is 0. The number of amides is 1. The molecule has 0 radical (unpaired) electrons. The molecule has 0 unspecified atom stereocenters. The van der Waals surface area contributed by atoms with E-state index in [2.05, 4.69) is 0 Å². The first-order valence-corrected chi connectivity index (χ1v) is 6.80. The Morgan fingerprint density at radius 2 is 2.14 bits per heavy atom. The first kappa shape index (κ1) is 15.1. The Bertz CT molecular complexity index is 572. The molecule has 1 aliphatic rings. The molecular weight excluding hydrogens is 270 g/mol. The highest BCUT2D eigenvalue weighted by atomic mass is 16.6. The van der Waals surface area contributed by atoms with Gasteiger partial charge in [0.15, 0.2) is 0 Å². The Kier molecular flexibility index (Phi) is 4.31. The molecule has 112 valence electrons. The van der Waals surface area contributed by atoms with Gasteiger partial charge in [-0.25, -0.2) is 4.79 Å². The fourth-order valence-corrected chi connectivity index (χ4v) is 2.00. The minimum Gasteiger partial charge on any atom is -0.490 e. The molecule has 1 amide bonds. The number of benzene rings is 1. The van der Waals surface area contributed by atoms with Crippen LogP contribution in [-0.4, -0.2) is 31.1 Å². The van der Waals surface area contributed by atoms with E-state index in [9.17, 15) is 9.59 Å². The molecular formula is C16H19NO4. The van der Waals surface area contributed by atoms with Crippen LogP contribution in [0.15, 0.2) is 24.3 Å². The molecule has 0 atom stereocenters. The summed E-state index contributed by atoms with van der Waals surface area (Å²) in [5.74, 6) is 0.611. The summed E-state index contributed by atoms with van der Waals surface area (Å²) in [6.07, 6.45) is 3.43. The Hall–Kier alpha value is -2.30. The van der Waals surface area contributed by atoms with Crippen molar-refractivity contribution >= 4 is 24.1 Å². The fourth-order valence-electron chi connectivity index (χ4n) is 2.00. The second kappa shape index (κ2) is 5.99. The van der Waals surface area contributed by atoms with Gasteiger partial charge in [-0.05, 0) is 44.5 Å². The number of nitrogens with zero attached hydrogens (tertiary/aromatic N) is 1. The Morgan fingerprint density at radius 1 is 1.38 bits per heavy atom. The maximum absolute atomic E-state index is 12.2. The molecule has 1 heterocycles. The first-order valence-electron chi connectivity index (χ1n) is 6.80. The van der Waals surface area contributed by atoms with Gasteiger partial charge in [0.2, 0.25) is 0 Å². The lowest BCUT2D eigenvalue weighted by atomic mass is 10.1. The van der Waals surface area contributed by atoms with Crippen molar-refractivity contribution in [3.8, 4) is 5.75 Å². The molecule has 1 aromatic carbocycles. The summed E-state index contributed by atoms with van der Waals surface area (Å²) in [4.78, 5) is 24.1. The number of hydrogen-bond donors (Lipinski definition) is 0. The third kappa shape index (κ3) is 3.84. The molecule has 0 aliphatic carbocycles. The molecule has 5 nitrogen and oxygen atoms in total. The van der Waals surface area contributed by atoms with Crippen LogP contribution in [-0.2, 0) is 9.53 Å². The highest BCUT2D eigenvalue weighted by Crippen LogP contribution is 2.33. The smallest absolute Gasteiger partial charge is 0.415 e. The number of allylic oxidation sites excluding steroid dienone is 1. The van der Waals surface area contributed by atoms with Gasteiger partial charge in [0.05, 0.1) is 12.2 Å². The molecule has 0 bridgehead atoms. The van der Waals surface area contributed by atoms with Gasteiger partial charge in [-0.1, -0.05) is 12.1 Å². The van der Waals surface area contributed by atoms with Gasteiger partial charge >= 0.3 is 6.09 Å². The van der Waals surface area contributed by atoms with Gasteiger partial charge < -0.3 is 9.47 Å². The Labute approximate surface area is 124 Å². The number of aldehydes is 1. The van der Waals surface area contributed by atoms with Crippen molar-refractivity contribution in [1.29, 1.82) is 0 Å². The predicted molar refractivity (Wildman–Crippen MR) is 80.6 cm³/mol. The summed E-state index contributed by atoms with van der Waals surface area (Å²) in [5.41, 5.74) is 0.980. The third-order valence-electron chi connectivity index (χ3n) is 2.83. The second-order valence-corrected chi connectivity index (χ2v) is 5.70. The van der Waals surface area contributed by atoms with E-state index in [1.165, 1.54) is 6.08 Å². The summed E-state index contributed by atoms with van der Waals surface area (Å²) in [6, 6.07) is 5.42. The quantitative estimate of drug-likeness (QED) is 0.620. The minimum absolute atomic E-state index is 0.386. The third-order valence-corrected chi connectivity index (χ3v) is 2.83. The van der Waals surface area contributed by atoms with E-state index in [0.29, 0.717) is 30.9 Å². The van der Waals surface area contributed by atoms with Crippen LogP contribution in [0, 0.1) is 0 Å². The van der Waals surface area contributed by atoms with Gasteiger partial charge in [-0.15, -0.1) is 0 Å². The highest BCUT2D eigenvalue weighted by molar-refractivity contribution is 5.91. The normalized spacial score (nSPS) is 14.5. The van der Waals surface area contributed by atoms with Crippen LogP contribution >= 0.6 is 0 Å². The summed E-state index contributed by atoms with van der Waals surface area (Å²) >= 11 is 0. The molecule has 21 heavy (non-hydrogen) atoms. The number of fused-ring (bicyclic) bond motifs is 1. The van der Waals surface area contributed by atoms with Crippen LogP contribution in [0.25, 0.3) is 6.08 Å². The van der Waals surface area contributed by atoms with Crippen molar-refractivity contribution in [2.45, 2.75) is 26.4 Å². The van der Waals surface area contributed by atoms with Crippen LogP contribution in [0.1, 0.15) is 26.3 Å². The lowest BCUT2D eigenvalue weighted by Crippen LogP contribution is -2.41. The maximum Gasteiger partial charge on any atom is 0.415 e. The molecule has 0 saturated carbocycles. The number of rotatable bonds is 2. The van der Waals surface area contributed by atoms with Crippen molar-refractivity contribution in [2.75, 3.05) is 18.1 Å². The van der Waals surface area contributed by atoms with Crippen molar-refractivity contribution in [1.82, 2.24) is 0 Å². The topological polar surface area (TPSA) is 55.8 Å². The molecule has 2 rings (SSSR count). The molecule has 0 aromatic heterocycles. The average Bonchev–Trinajstić information content (AvgIpc) is 2.42. The van der Waals surface area contributed by atoms with Crippen molar-refractivity contribution in [3.63, 3.8) is 0 Å². The zero-order chi connectivity index (χ0) is 15.5. The van der Waals surface area contributed by atoms with Gasteiger partial charge in [-0.2, -0.15) is 0 Å². The largest absolute Gasteiger partial charge is 0.490 e. The molecule has 0 spiro atoms. The van der Waals surface area contributed by atoms with Crippen LogP contribution in [0.2, 0.25) is 0 Å². The summed E-state index contributed by atoms with van der Waals surface area (Å²) in [6.45, 7) is 6.36. The van der Waals surface area contributed by atoms with Gasteiger partial charge in [0.1, 0.15) is 24.2 Å². The highest BCUT2D eigenvalue weighted by Gasteiger charge is 2.28. The lowest BCUT2D eigenvalue weighted by Gasteiger charge is -2.31. The van der Waals surface area contributed by atoms with E-state index < -0.39 is 5.60 Å². The van der Waals surface area contributed by atoms with Crippen LogP contribution in [0.5, 0.6) is 5.75 Å². The Balaban J connectivity index is 2.25. The zero-order valence-corrected chi connectivity index (χ0v) is 12.5. The fraction of sp³-hybridized carbons (Fsp3) is 0.375. The van der Waals surface area contributed by atoms with Crippen molar-refractivity contribution in [2.24, 2.45) is 0 Å². The van der Waals surface area contributed by atoms with Gasteiger partial charge in [-0.3, -0.25) is 9.69 Å². The van der Waals surface area contributed by atoms with Gasteiger partial charge in [0, 0.05) is 0 Å². The SMILES string of the molecule is CC(C)(C)OC(=O)N1CCOc2cc(/C=C/C=O)ccc21. The maximum atomic E-state index is 12.2. The van der Waals surface area contributed by atoms with Gasteiger partial charge in [0.25, 0.3) is 0 Å². The average molecular weight is 289 g/mol. The second-order valence-electron chi connectivity index (χ2n) is 5.70. The number of anilines is 1. The summed E-state index contributed by atoms with van der Waals surface area (Å²) in [5, 5.41) is 0. The zero-order valence-electron chi connectivity index (χ0n) is 12.5. The van der Waals surface area contributed by atoms with E-state index >= 15 is 0 Å².